The Hall–Kier alpha value is -0.390. The van der Waals surface area contributed by atoms with Crippen molar-refractivity contribution >= 4 is 33.2 Å². The SMILES string of the molecule is CCOC(=O)CCN(C)Cc1cc(Br)cs1. The van der Waals surface area contributed by atoms with Crippen LogP contribution in [0.2, 0.25) is 0 Å². The van der Waals surface area contributed by atoms with Crippen molar-refractivity contribution in [2.75, 3.05) is 20.2 Å². The Morgan fingerprint density at radius 1 is 1.62 bits per heavy atom. The van der Waals surface area contributed by atoms with Gasteiger partial charge in [-0.3, -0.25) is 4.79 Å². The van der Waals surface area contributed by atoms with Crippen LogP contribution in [0.4, 0.5) is 0 Å². The van der Waals surface area contributed by atoms with Crippen molar-refractivity contribution in [1.29, 1.82) is 0 Å². The van der Waals surface area contributed by atoms with Gasteiger partial charge in [-0.15, -0.1) is 11.3 Å². The first kappa shape index (κ1) is 13.7. The fourth-order valence-electron chi connectivity index (χ4n) is 1.30. The van der Waals surface area contributed by atoms with Crippen LogP contribution in [-0.4, -0.2) is 31.1 Å². The second kappa shape index (κ2) is 7.04. The van der Waals surface area contributed by atoms with Gasteiger partial charge in [0.2, 0.25) is 0 Å². The van der Waals surface area contributed by atoms with Gasteiger partial charge in [0.25, 0.3) is 0 Å². The fraction of sp³-hybridized carbons (Fsp3) is 0.545. The van der Waals surface area contributed by atoms with Gasteiger partial charge in [0.15, 0.2) is 0 Å². The Kier molecular flexibility index (Phi) is 6.01. The molecule has 5 heteroatoms. The van der Waals surface area contributed by atoms with E-state index in [1.165, 1.54) is 4.88 Å². The monoisotopic (exact) mass is 305 g/mol. The zero-order valence-electron chi connectivity index (χ0n) is 9.53. The highest BCUT2D eigenvalue weighted by Crippen LogP contribution is 2.20. The second-order valence-corrected chi connectivity index (χ2v) is 5.44. The summed E-state index contributed by atoms with van der Waals surface area (Å²) in [5.41, 5.74) is 0. The predicted molar refractivity (Wildman–Crippen MR) is 69.6 cm³/mol. The number of carbonyl (C=O) groups excluding carboxylic acids is 1. The number of hydrogen-bond donors (Lipinski definition) is 0. The van der Waals surface area contributed by atoms with Gasteiger partial charge < -0.3 is 9.64 Å². The maximum Gasteiger partial charge on any atom is 0.307 e. The first-order valence-corrected chi connectivity index (χ1v) is 6.86. The molecule has 0 spiro atoms. The quantitative estimate of drug-likeness (QED) is 0.757. The molecule has 1 heterocycles. The lowest BCUT2D eigenvalue weighted by Crippen LogP contribution is -2.21. The van der Waals surface area contributed by atoms with E-state index in [9.17, 15) is 4.79 Å². The molecule has 0 amide bonds. The molecule has 3 nitrogen and oxygen atoms in total. The largest absolute Gasteiger partial charge is 0.466 e. The Morgan fingerprint density at radius 3 is 2.94 bits per heavy atom. The molecule has 0 aromatic carbocycles. The first-order chi connectivity index (χ1) is 7.61. The molecule has 90 valence electrons. The number of esters is 1. The minimum absolute atomic E-state index is 0.123. The summed E-state index contributed by atoms with van der Waals surface area (Å²) in [6, 6.07) is 2.10. The van der Waals surface area contributed by atoms with Crippen LogP contribution in [0.25, 0.3) is 0 Å². The van der Waals surface area contributed by atoms with Crippen LogP contribution in [-0.2, 0) is 16.1 Å². The van der Waals surface area contributed by atoms with Crippen molar-refractivity contribution in [2.24, 2.45) is 0 Å². The van der Waals surface area contributed by atoms with Crippen molar-refractivity contribution < 1.29 is 9.53 Å². The Balaban J connectivity index is 2.25. The zero-order valence-corrected chi connectivity index (χ0v) is 11.9. The number of ether oxygens (including phenoxy) is 1. The molecular formula is C11H16BrNO2S. The molecule has 0 aliphatic heterocycles. The average Bonchev–Trinajstić information content (AvgIpc) is 2.61. The second-order valence-electron chi connectivity index (χ2n) is 3.52. The summed E-state index contributed by atoms with van der Waals surface area (Å²) in [5.74, 6) is -0.123. The number of thiophene rings is 1. The van der Waals surface area contributed by atoms with Crippen LogP contribution in [0.5, 0.6) is 0 Å². The summed E-state index contributed by atoms with van der Waals surface area (Å²) < 4.78 is 5.99. The van der Waals surface area contributed by atoms with Gasteiger partial charge in [-0.25, -0.2) is 0 Å². The van der Waals surface area contributed by atoms with E-state index in [-0.39, 0.29) is 5.97 Å². The summed E-state index contributed by atoms with van der Waals surface area (Å²) in [7, 11) is 2.01. The third-order valence-corrected chi connectivity index (χ3v) is 3.73. The molecule has 1 aromatic rings. The molecule has 0 unspecified atom stereocenters. The van der Waals surface area contributed by atoms with E-state index in [4.69, 9.17) is 4.74 Å². The standard InChI is InChI=1S/C11H16BrNO2S/c1-3-15-11(14)4-5-13(2)7-10-6-9(12)8-16-10/h6,8H,3-5,7H2,1-2H3. The molecule has 0 radical (unpaired) electrons. The van der Waals surface area contributed by atoms with Gasteiger partial charge in [0.05, 0.1) is 13.0 Å². The summed E-state index contributed by atoms with van der Waals surface area (Å²) in [5, 5.41) is 2.06. The van der Waals surface area contributed by atoms with Gasteiger partial charge in [-0.05, 0) is 36.0 Å². The Morgan fingerprint density at radius 2 is 2.38 bits per heavy atom. The van der Waals surface area contributed by atoms with Crippen LogP contribution < -0.4 is 0 Å². The Bertz CT molecular complexity index is 340. The van der Waals surface area contributed by atoms with Gasteiger partial charge in [-0.2, -0.15) is 0 Å². The third-order valence-electron chi connectivity index (χ3n) is 2.05. The molecule has 0 bridgehead atoms. The van der Waals surface area contributed by atoms with E-state index in [0.717, 1.165) is 17.6 Å². The highest BCUT2D eigenvalue weighted by Gasteiger charge is 2.06. The highest BCUT2D eigenvalue weighted by molar-refractivity contribution is 9.10. The Labute approximate surface area is 109 Å². The molecule has 0 aliphatic rings. The third kappa shape index (κ3) is 5.09. The van der Waals surface area contributed by atoms with E-state index >= 15 is 0 Å². The van der Waals surface area contributed by atoms with Crippen LogP contribution >= 0.6 is 27.3 Å². The number of carbonyl (C=O) groups is 1. The lowest BCUT2D eigenvalue weighted by Gasteiger charge is -2.14. The number of hydrogen-bond acceptors (Lipinski definition) is 4. The van der Waals surface area contributed by atoms with E-state index in [1.54, 1.807) is 11.3 Å². The van der Waals surface area contributed by atoms with Crippen molar-refractivity contribution in [3.8, 4) is 0 Å². The molecular weight excluding hydrogens is 290 g/mol. The minimum Gasteiger partial charge on any atom is -0.466 e. The van der Waals surface area contributed by atoms with Crippen molar-refractivity contribution in [3.63, 3.8) is 0 Å². The lowest BCUT2D eigenvalue weighted by molar-refractivity contribution is -0.143. The maximum atomic E-state index is 11.2. The molecule has 0 saturated heterocycles. The van der Waals surface area contributed by atoms with Crippen molar-refractivity contribution in [3.05, 3.63) is 20.8 Å². The van der Waals surface area contributed by atoms with Gasteiger partial charge in [-0.1, -0.05) is 0 Å². The lowest BCUT2D eigenvalue weighted by atomic mass is 10.3. The van der Waals surface area contributed by atoms with Crippen LogP contribution in [0.15, 0.2) is 15.9 Å². The molecule has 0 atom stereocenters. The van der Waals surface area contributed by atoms with Gasteiger partial charge in [0.1, 0.15) is 0 Å². The van der Waals surface area contributed by atoms with Crippen molar-refractivity contribution in [2.45, 2.75) is 19.9 Å². The summed E-state index contributed by atoms with van der Waals surface area (Å²) in [4.78, 5) is 14.6. The summed E-state index contributed by atoms with van der Waals surface area (Å²) >= 11 is 5.14. The first-order valence-electron chi connectivity index (χ1n) is 5.19. The molecule has 16 heavy (non-hydrogen) atoms. The molecule has 1 aromatic heterocycles. The van der Waals surface area contributed by atoms with Gasteiger partial charge >= 0.3 is 5.97 Å². The molecule has 0 fully saturated rings. The summed E-state index contributed by atoms with van der Waals surface area (Å²) in [6.07, 6.45) is 0.455. The topological polar surface area (TPSA) is 29.5 Å². The normalized spacial score (nSPS) is 10.8. The van der Waals surface area contributed by atoms with E-state index in [1.807, 2.05) is 14.0 Å². The maximum absolute atomic E-state index is 11.2. The van der Waals surface area contributed by atoms with Gasteiger partial charge in [0, 0.05) is 27.8 Å². The smallest absolute Gasteiger partial charge is 0.307 e. The van der Waals surface area contributed by atoms with Crippen LogP contribution in [0.3, 0.4) is 0 Å². The van der Waals surface area contributed by atoms with E-state index < -0.39 is 0 Å². The molecule has 1 rings (SSSR count). The van der Waals surface area contributed by atoms with Crippen LogP contribution in [0, 0.1) is 0 Å². The fourth-order valence-corrected chi connectivity index (χ4v) is 2.83. The van der Waals surface area contributed by atoms with Crippen molar-refractivity contribution in [1.82, 2.24) is 4.90 Å². The number of rotatable bonds is 6. The number of nitrogens with zero attached hydrogens (tertiary/aromatic N) is 1. The van der Waals surface area contributed by atoms with Crippen LogP contribution in [0.1, 0.15) is 18.2 Å². The van der Waals surface area contributed by atoms with E-state index in [0.29, 0.717) is 13.0 Å². The summed E-state index contributed by atoms with van der Waals surface area (Å²) in [6.45, 7) is 3.88. The minimum atomic E-state index is -0.123. The molecule has 0 saturated carbocycles. The predicted octanol–water partition coefficient (Wildman–Crippen LogP) is 2.90. The van der Waals surface area contributed by atoms with E-state index in [2.05, 4.69) is 32.3 Å². The zero-order chi connectivity index (χ0) is 12.0. The average molecular weight is 306 g/mol. The number of halogens is 1. The highest BCUT2D eigenvalue weighted by atomic mass is 79.9. The molecule has 0 N–H and O–H groups in total. The molecule has 0 aliphatic carbocycles.